The molecule has 3 aromatic rings. The number of alkyl halides is 2. The van der Waals surface area contributed by atoms with Gasteiger partial charge in [0.2, 0.25) is 0 Å². The second-order valence-corrected chi connectivity index (χ2v) is 8.53. The van der Waals surface area contributed by atoms with E-state index in [1.165, 1.54) is 6.92 Å². The van der Waals surface area contributed by atoms with Crippen LogP contribution in [-0.2, 0) is 9.53 Å². The van der Waals surface area contributed by atoms with Gasteiger partial charge >= 0.3 is 5.97 Å². The van der Waals surface area contributed by atoms with Crippen LogP contribution in [-0.4, -0.2) is 37.0 Å². The summed E-state index contributed by atoms with van der Waals surface area (Å²) in [6, 6.07) is 18.1. The van der Waals surface area contributed by atoms with E-state index in [4.69, 9.17) is 14.2 Å². The van der Waals surface area contributed by atoms with E-state index in [2.05, 4.69) is 10.6 Å². The maximum Gasteiger partial charge on any atom is 0.341 e. The number of fused-ring (bicyclic) bond motifs is 1. The van der Waals surface area contributed by atoms with E-state index in [1.807, 2.05) is 0 Å². The van der Waals surface area contributed by atoms with Gasteiger partial charge in [-0.05, 0) is 55.5 Å². The van der Waals surface area contributed by atoms with Gasteiger partial charge in [-0.25, -0.2) is 4.79 Å². The summed E-state index contributed by atoms with van der Waals surface area (Å²) in [4.78, 5) is 25.9. The zero-order valence-electron chi connectivity index (χ0n) is 18.6. The third kappa shape index (κ3) is 6.42. The van der Waals surface area contributed by atoms with Crippen molar-refractivity contribution >= 4 is 40.7 Å². The first-order valence-electron chi connectivity index (χ1n) is 10.7. The summed E-state index contributed by atoms with van der Waals surface area (Å²) < 4.78 is 41.4. The molecule has 1 amide bonds. The van der Waals surface area contributed by atoms with Gasteiger partial charge in [-0.1, -0.05) is 23.9 Å². The second kappa shape index (κ2) is 11.1. The predicted molar refractivity (Wildman–Crippen MR) is 129 cm³/mol. The Kier molecular flexibility index (Phi) is 7.71. The average Bonchev–Trinajstić information content (AvgIpc) is 2.85. The Labute approximate surface area is 204 Å². The Bertz CT molecular complexity index is 1210. The lowest BCUT2D eigenvalue weighted by Crippen LogP contribution is -2.30. The van der Waals surface area contributed by atoms with Crippen molar-refractivity contribution in [2.45, 2.75) is 23.7 Å². The van der Waals surface area contributed by atoms with Crippen molar-refractivity contribution in [2.75, 3.05) is 23.8 Å². The van der Waals surface area contributed by atoms with Crippen LogP contribution in [0.3, 0.4) is 0 Å². The highest BCUT2D eigenvalue weighted by atomic mass is 32.2. The standard InChI is InChI=1S/C25H22F2N2O5S/c1-15(23(30)29-17-8-11-21-22(14-17)33-13-12-32-21)34-24(31)19-4-2-3-5-20(19)28-16-6-9-18(10-7-16)35-25(26)27/h2-11,14-15,25,28H,12-13H2,1H3,(H,29,30)/t15-/m0/s1. The van der Waals surface area contributed by atoms with Gasteiger partial charge in [0.1, 0.15) is 13.2 Å². The molecule has 4 rings (SSSR count). The molecular weight excluding hydrogens is 478 g/mol. The molecule has 1 aliphatic heterocycles. The Hall–Kier alpha value is -3.79. The van der Waals surface area contributed by atoms with Gasteiger partial charge in [0.05, 0.1) is 11.3 Å². The number of hydrogen-bond donors (Lipinski definition) is 2. The maximum atomic E-state index is 12.8. The lowest BCUT2D eigenvalue weighted by molar-refractivity contribution is -0.123. The molecule has 182 valence electrons. The van der Waals surface area contributed by atoms with Crippen LogP contribution in [0, 0.1) is 0 Å². The van der Waals surface area contributed by atoms with Crippen molar-refractivity contribution in [3.05, 3.63) is 72.3 Å². The Balaban J connectivity index is 1.39. The number of para-hydroxylation sites is 1. The fourth-order valence-electron chi connectivity index (χ4n) is 3.29. The average molecular weight is 501 g/mol. The van der Waals surface area contributed by atoms with Crippen molar-refractivity contribution in [2.24, 2.45) is 0 Å². The van der Waals surface area contributed by atoms with Crippen molar-refractivity contribution in [1.29, 1.82) is 0 Å². The molecule has 0 saturated carbocycles. The van der Waals surface area contributed by atoms with Crippen molar-refractivity contribution < 1.29 is 32.6 Å². The molecular formula is C25H22F2N2O5S. The largest absolute Gasteiger partial charge is 0.486 e. The van der Waals surface area contributed by atoms with Crippen molar-refractivity contribution in [1.82, 2.24) is 0 Å². The minimum absolute atomic E-state index is 0.220. The van der Waals surface area contributed by atoms with Crippen LogP contribution in [0.4, 0.5) is 25.8 Å². The lowest BCUT2D eigenvalue weighted by Gasteiger charge is -2.19. The number of esters is 1. The number of anilines is 3. The third-order valence-electron chi connectivity index (χ3n) is 4.97. The van der Waals surface area contributed by atoms with E-state index < -0.39 is 23.7 Å². The molecule has 2 N–H and O–H groups in total. The summed E-state index contributed by atoms with van der Waals surface area (Å²) >= 11 is 0.452. The number of rotatable bonds is 8. The minimum Gasteiger partial charge on any atom is -0.486 e. The normalized spacial score (nSPS) is 13.1. The molecule has 35 heavy (non-hydrogen) atoms. The number of halogens is 2. The summed E-state index contributed by atoms with van der Waals surface area (Å²) in [5.74, 6) is -2.58. The molecule has 0 saturated heterocycles. The fourth-order valence-corrected chi connectivity index (χ4v) is 3.79. The highest BCUT2D eigenvalue weighted by Crippen LogP contribution is 2.33. The molecule has 1 heterocycles. The number of amides is 1. The first-order chi connectivity index (χ1) is 16.9. The second-order valence-electron chi connectivity index (χ2n) is 7.47. The lowest BCUT2D eigenvalue weighted by atomic mass is 10.1. The first-order valence-corrected chi connectivity index (χ1v) is 11.6. The minimum atomic E-state index is -2.50. The van der Waals surface area contributed by atoms with Gasteiger partial charge in [0.15, 0.2) is 17.6 Å². The molecule has 0 fully saturated rings. The van der Waals surface area contributed by atoms with E-state index in [-0.39, 0.29) is 5.56 Å². The summed E-state index contributed by atoms with van der Waals surface area (Å²) in [6.45, 7) is 2.36. The first kappa shape index (κ1) is 24.3. The van der Waals surface area contributed by atoms with Crippen molar-refractivity contribution in [3.8, 4) is 11.5 Å². The Morgan fingerprint density at radius 3 is 2.37 bits per heavy atom. The molecule has 7 nitrogen and oxygen atoms in total. The molecule has 0 aliphatic carbocycles. The summed E-state index contributed by atoms with van der Waals surface area (Å²) in [6.07, 6.45) is -1.07. The summed E-state index contributed by atoms with van der Waals surface area (Å²) in [5.41, 5.74) is 1.76. The van der Waals surface area contributed by atoms with Gasteiger partial charge in [0, 0.05) is 22.3 Å². The zero-order valence-corrected chi connectivity index (χ0v) is 19.4. The Morgan fingerprint density at radius 1 is 0.943 bits per heavy atom. The van der Waals surface area contributed by atoms with E-state index in [0.717, 1.165) is 0 Å². The zero-order chi connectivity index (χ0) is 24.8. The molecule has 0 radical (unpaired) electrons. The van der Waals surface area contributed by atoms with Gasteiger partial charge in [-0.3, -0.25) is 4.79 Å². The highest BCUT2D eigenvalue weighted by Gasteiger charge is 2.22. The number of nitrogens with one attached hydrogen (secondary N) is 2. The number of carbonyl (C=O) groups is 2. The fraction of sp³-hybridized carbons (Fsp3) is 0.200. The quantitative estimate of drug-likeness (QED) is 0.303. The van der Waals surface area contributed by atoms with Crippen LogP contribution in [0.2, 0.25) is 0 Å². The van der Waals surface area contributed by atoms with E-state index in [1.54, 1.807) is 66.7 Å². The SMILES string of the molecule is C[C@H](OC(=O)c1ccccc1Nc1ccc(SC(F)F)cc1)C(=O)Nc1ccc2c(c1)OCCO2. The number of ether oxygens (including phenoxy) is 3. The molecule has 0 bridgehead atoms. The number of benzene rings is 3. The topological polar surface area (TPSA) is 85.9 Å². The van der Waals surface area contributed by atoms with Gasteiger partial charge in [-0.2, -0.15) is 8.78 Å². The molecule has 3 aromatic carbocycles. The molecule has 1 atom stereocenters. The van der Waals surface area contributed by atoms with Crippen LogP contribution >= 0.6 is 11.8 Å². The van der Waals surface area contributed by atoms with Crippen LogP contribution in [0.5, 0.6) is 11.5 Å². The van der Waals surface area contributed by atoms with Crippen LogP contribution in [0.15, 0.2) is 71.6 Å². The van der Waals surface area contributed by atoms with E-state index >= 15 is 0 Å². The molecule has 1 aliphatic rings. The number of hydrogen-bond acceptors (Lipinski definition) is 7. The van der Waals surface area contributed by atoms with E-state index in [0.29, 0.717) is 58.4 Å². The van der Waals surface area contributed by atoms with Crippen LogP contribution in [0.25, 0.3) is 0 Å². The molecule has 0 spiro atoms. The van der Waals surface area contributed by atoms with Crippen molar-refractivity contribution in [3.63, 3.8) is 0 Å². The Morgan fingerprint density at radius 2 is 1.63 bits per heavy atom. The maximum absolute atomic E-state index is 12.8. The molecule has 10 heteroatoms. The highest BCUT2D eigenvalue weighted by molar-refractivity contribution is 7.99. The van der Waals surface area contributed by atoms with Crippen LogP contribution in [0.1, 0.15) is 17.3 Å². The van der Waals surface area contributed by atoms with Gasteiger partial charge in [-0.15, -0.1) is 0 Å². The number of carbonyl (C=O) groups excluding carboxylic acids is 2. The molecule has 0 aromatic heterocycles. The predicted octanol–water partition coefficient (Wildman–Crippen LogP) is 5.70. The summed E-state index contributed by atoms with van der Waals surface area (Å²) in [5, 5.41) is 5.78. The third-order valence-corrected chi connectivity index (χ3v) is 5.69. The monoisotopic (exact) mass is 500 g/mol. The smallest absolute Gasteiger partial charge is 0.341 e. The molecule has 0 unspecified atom stereocenters. The van der Waals surface area contributed by atoms with E-state index in [9.17, 15) is 18.4 Å². The van der Waals surface area contributed by atoms with Gasteiger partial charge in [0.25, 0.3) is 11.7 Å². The number of thioether (sulfide) groups is 1. The summed E-state index contributed by atoms with van der Waals surface area (Å²) in [7, 11) is 0. The van der Waals surface area contributed by atoms with Gasteiger partial charge < -0.3 is 24.8 Å². The van der Waals surface area contributed by atoms with Crippen LogP contribution < -0.4 is 20.1 Å².